The van der Waals surface area contributed by atoms with Gasteiger partial charge in [0.05, 0.1) is 6.10 Å². The second-order valence-corrected chi connectivity index (χ2v) is 5.88. The van der Waals surface area contributed by atoms with Gasteiger partial charge in [0.2, 0.25) is 0 Å². The van der Waals surface area contributed by atoms with Gasteiger partial charge in [-0.2, -0.15) is 0 Å². The lowest BCUT2D eigenvalue weighted by Crippen LogP contribution is -2.24. The van der Waals surface area contributed by atoms with Crippen molar-refractivity contribution in [3.63, 3.8) is 0 Å². The Hall–Kier alpha value is -0.540. The smallest absolute Gasteiger partial charge is 0.125 e. The molecule has 1 aromatic carbocycles. The highest BCUT2D eigenvalue weighted by molar-refractivity contribution is 9.10. The third-order valence-corrected chi connectivity index (χ3v) is 3.92. The van der Waals surface area contributed by atoms with Crippen LogP contribution in [0.2, 0.25) is 0 Å². The standard InChI is InChI=1S/C14H20BrNO/c1-10-3-2-4-13(7-10)17-14-8-12(15)6-5-11(14)9-16/h5-6,8,10,13H,2-4,7,9,16H2,1H3. The van der Waals surface area contributed by atoms with Crippen LogP contribution in [0.15, 0.2) is 22.7 Å². The van der Waals surface area contributed by atoms with Crippen molar-refractivity contribution in [2.45, 2.75) is 45.3 Å². The third-order valence-electron chi connectivity index (χ3n) is 3.43. The summed E-state index contributed by atoms with van der Waals surface area (Å²) in [5.41, 5.74) is 6.83. The van der Waals surface area contributed by atoms with E-state index in [4.69, 9.17) is 10.5 Å². The number of hydrogen-bond donors (Lipinski definition) is 1. The molecule has 94 valence electrons. The van der Waals surface area contributed by atoms with Gasteiger partial charge in [-0.25, -0.2) is 0 Å². The molecule has 1 aromatic rings. The maximum Gasteiger partial charge on any atom is 0.125 e. The molecule has 1 fully saturated rings. The van der Waals surface area contributed by atoms with Crippen LogP contribution in [-0.2, 0) is 6.54 Å². The molecule has 0 heterocycles. The SMILES string of the molecule is CC1CCCC(Oc2cc(Br)ccc2CN)C1. The second kappa shape index (κ2) is 5.87. The minimum atomic E-state index is 0.360. The van der Waals surface area contributed by atoms with Crippen LogP contribution in [-0.4, -0.2) is 6.10 Å². The van der Waals surface area contributed by atoms with E-state index in [1.165, 1.54) is 19.3 Å². The number of ether oxygens (including phenoxy) is 1. The molecule has 0 amide bonds. The average molecular weight is 298 g/mol. The van der Waals surface area contributed by atoms with Gasteiger partial charge in [0, 0.05) is 16.6 Å². The van der Waals surface area contributed by atoms with Crippen molar-refractivity contribution in [2.75, 3.05) is 0 Å². The van der Waals surface area contributed by atoms with Crippen LogP contribution in [0.5, 0.6) is 5.75 Å². The van der Waals surface area contributed by atoms with Crippen LogP contribution in [0.4, 0.5) is 0 Å². The molecule has 2 atom stereocenters. The Kier molecular flexibility index (Phi) is 4.46. The predicted octanol–water partition coefficient (Wildman–Crippen LogP) is 3.87. The molecule has 0 saturated heterocycles. The highest BCUT2D eigenvalue weighted by atomic mass is 79.9. The molecule has 2 N–H and O–H groups in total. The number of hydrogen-bond acceptors (Lipinski definition) is 2. The molecular formula is C14H20BrNO. The van der Waals surface area contributed by atoms with Gasteiger partial charge in [-0.15, -0.1) is 0 Å². The summed E-state index contributed by atoms with van der Waals surface area (Å²) >= 11 is 3.48. The molecule has 0 spiro atoms. The lowest BCUT2D eigenvalue weighted by atomic mass is 9.88. The highest BCUT2D eigenvalue weighted by Gasteiger charge is 2.21. The van der Waals surface area contributed by atoms with Crippen LogP contribution >= 0.6 is 15.9 Å². The molecular weight excluding hydrogens is 278 g/mol. The molecule has 0 aromatic heterocycles. The summed E-state index contributed by atoms with van der Waals surface area (Å²) in [5, 5.41) is 0. The minimum absolute atomic E-state index is 0.360. The normalized spacial score (nSPS) is 24.6. The lowest BCUT2D eigenvalue weighted by Gasteiger charge is -2.28. The number of rotatable bonds is 3. The summed E-state index contributed by atoms with van der Waals surface area (Å²) < 4.78 is 7.17. The van der Waals surface area contributed by atoms with E-state index in [0.29, 0.717) is 12.6 Å². The molecule has 3 heteroatoms. The Balaban J connectivity index is 2.08. The molecule has 17 heavy (non-hydrogen) atoms. The molecule has 0 aliphatic heterocycles. The minimum Gasteiger partial charge on any atom is -0.490 e. The summed E-state index contributed by atoms with van der Waals surface area (Å²) in [4.78, 5) is 0. The van der Waals surface area contributed by atoms with Crippen molar-refractivity contribution in [2.24, 2.45) is 11.7 Å². The van der Waals surface area contributed by atoms with Crippen LogP contribution in [0, 0.1) is 5.92 Å². The Morgan fingerprint density at radius 3 is 2.94 bits per heavy atom. The van der Waals surface area contributed by atoms with Crippen molar-refractivity contribution in [1.29, 1.82) is 0 Å². The van der Waals surface area contributed by atoms with Crippen LogP contribution in [0.25, 0.3) is 0 Å². The first-order valence-corrected chi connectivity index (χ1v) is 7.13. The monoisotopic (exact) mass is 297 g/mol. The van der Waals surface area contributed by atoms with Gasteiger partial charge < -0.3 is 10.5 Å². The van der Waals surface area contributed by atoms with Gasteiger partial charge in [-0.3, -0.25) is 0 Å². The summed E-state index contributed by atoms with van der Waals surface area (Å²) in [6.45, 7) is 2.84. The van der Waals surface area contributed by atoms with E-state index in [0.717, 1.165) is 28.1 Å². The van der Waals surface area contributed by atoms with Crippen molar-refractivity contribution in [3.8, 4) is 5.75 Å². The summed E-state index contributed by atoms with van der Waals surface area (Å²) in [6, 6.07) is 6.08. The average Bonchev–Trinajstić information content (AvgIpc) is 2.29. The topological polar surface area (TPSA) is 35.2 Å². The van der Waals surface area contributed by atoms with Crippen LogP contribution in [0.1, 0.15) is 38.2 Å². The van der Waals surface area contributed by atoms with E-state index in [9.17, 15) is 0 Å². The molecule has 2 nitrogen and oxygen atoms in total. The molecule has 1 aliphatic carbocycles. The van der Waals surface area contributed by atoms with Gasteiger partial charge in [-0.05, 0) is 37.3 Å². The quantitative estimate of drug-likeness (QED) is 0.919. The molecule has 2 rings (SSSR count). The second-order valence-electron chi connectivity index (χ2n) is 4.97. The van der Waals surface area contributed by atoms with E-state index in [1.807, 2.05) is 18.2 Å². The van der Waals surface area contributed by atoms with Crippen molar-refractivity contribution < 1.29 is 4.74 Å². The Bertz CT molecular complexity index is 380. The summed E-state index contributed by atoms with van der Waals surface area (Å²) in [6.07, 6.45) is 5.30. The highest BCUT2D eigenvalue weighted by Crippen LogP contribution is 2.30. The zero-order valence-corrected chi connectivity index (χ0v) is 11.9. The number of nitrogens with two attached hydrogens (primary N) is 1. The maximum absolute atomic E-state index is 6.12. The van der Waals surface area contributed by atoms with Gasteiger partial charge in [0.15, 0.2) is 0 Å². The predicted molar refractivity (Wildman–Crippen MR) is 74.1 cm³/mol. The van der Waals surface area contributed by atoms with Gasteiger partial charge in [0.25, 0.3) is 0 Å². The Morgan fingerprint density at radius 1 is 1.41 bits per heavy atom. The maximum atomic E-state index is 6.12. The fraction of sp³-hybridized carbons (Fsp3) is 0.571. The van der Waals surface area contributed by atoms with E-state index in [1.54, 1.807) is 0 Å². The van der Waals surface area contributed by atoms with Crippen LogP contribution < -0.4 is 10.5 Å². The van der Waals surface area contributed by atoms with Gasteiger partial charge >= 0.3 is 0 Å². The third kappa shape index (κ3) is 3.46. The van der Waals surface area contributed by atoms with E-state index in [-0.39, 0.29) is 0 Å². The number of halogens is 1. The largest absolute Gasteiger partial charge is 0.490 e. The Labute approximate surface area is 112 Å². The lowest BCUT2D eigenvalue weighted by molar-refractivity contribution is 0.128. The first kappa shape index (κ1) is 12.9. The first-order chi connectivity index (χ1) is 8.19. The molecule has 1 saturated carbocycles. The number of benzene rings is 1. The zero-order chi connectivity index (χ0) is 12.3. The Morgan fingerprint density at radius 2 is 2.24 bits per heavy atom. The van der Waals surface area contributed by atoms with Crippen molar-refractivity contribution in [3.05, 3.63) is 28.2 Å². The molecule has 2 unspecified atom stereocenters. The fourth-order valence-corrected chi connectivity index (χ4v) is 2.81. The van der Waals surface area contributed by atoms with Gasteiger partial charge in [-0.1, -0.05) is 35.3 Å². The molecule has 0 radical (unpaired) electrons. The molecule has 1 aliphatic rings. The zero-order valence-electron chi connectivity index (χ0n) is 10.3. The van der Waals surface area contributed by atoms with E-state index in [2.05, 4.69) is 22.9 Å². The van der Waals surface area contributed by atoms with Crippen LogP contribution in [0.3, 0.4) is 0 Å². The van der Waals surface area contributed by atoms with E-state index < -0.39 is 0 Å². The summed E-state index contributed by atoms with van der Waals surface area (Å²) in [5.74, 6) is 1.73. The van der Waals surface area contributed by atoms with Crippen molar-refractivity contribution >= 4 is 15.9 Å². The fourth-order valence-electron chi connectivity index (χ4n) is 2.47. The molecule has 0 bridgehead atoms. The first-order valence-electron chi connectivity index (χ1n) is 6.34. The van der Waals surface area contributed by atoms with Crippen molar-refractivity contribution in [1.82, 2.24) is 0 Å². The van der Waals surface area contributed by atoms with Gasteiger partial charge in [0.1, 0.15) is 5.75 Å². The summed E-state index contributed by atoms with van der Waals surface area (Å²) in [7, 11) is 0. The van der Waals surface area contributed by atoms with E-state index >= 15 is 0 Å².